The van der Waals surface area contributed by atoms with Crippen molar-refractivity contribution in [2.45, 2.75) is 0 Å². The summed E-state index contributed by atoms with van der Waals surface area (Å²) in [5, 5.41) is 27.1. The van der Waals surface area contributed by atoms with Crippen molar-refractivity contribution in [1.82, 2.24) is 0 Å². The summed E-state index contributed by atoms with van der Waals surface area (Å²) in [7, 11) is 0. The zero-order valence-corrected chi connectivity index (χ0v) is 14.4. The lowest BCUT2D eigenvalue weighted by Crippen LogP contribution is -2.10. The topological polar surface area (TPSA) is 108 Å². The third kappa shape index (κ3) is 4.93. The smallest absolute Gasteiger partial charge is 0.341 e. The molecule has 2 aromatic rings. The summed E-state index contributed by atoms with van der Waals surface area (Å²) in [5.41, 5.74) is 1.47. The molecule has 2 rings (SSSR count). The zero-order valence-electron chi connectivity index (χ0n) is 12.8. The number of hydrogen-bond acceptors (Lipinski definition) is 4. The van der Waals surface area contributed by atoms with Crippen molar-refractivity contribution in [1.29, 1.82) is 5.26 Å². The lowest BCUT2D eigenvalue weighted by Gasteiger charge is -2.09. The van der Waals surface area contributed by atoms with Gasteiger partial charge in [-0.1, -0.05) is 28.1 Å². The maximum absolute atomic E-state index is 10.9. The second-order valence-electron chi connectivity index (χ2n) is 4.92. The van der Waals surface area contributed by atoms with Gasteiger partial charge in [0.15, 0.2) is 6.61 Å². The van der Waals surface area contributed by atoms with Crippen LogP contribution < -0.4 is 4.74 Å². The first kappa shape index (κ1) is 18.2. The number of hydrogen-bond donors (Lipinski definition) is 2. The Morgan fingerprint density at radius 3 is 2.32 bits per heavy atom. The van der Waals surface area contributed by atoms with Crippen molar-refractivity contribution >= 4 is 39.5 Å². The Kier molecular flexibility index (Phi) is 5.93. The Balaban J connectivity index is 2.41. The normalized spacial score (nSPS) is 10.8. The van der Waals surface area contributed by atoms with Gasteiger partial charge in [-0.25, -0.2) is 9.59 Å². The predicted octanol–water partition coefficient (Wildman–Crippen LogP) is 3.67. The van der Waals surface area contributed by atoms with Crippen LogP contribution in [0.5, 0.6) is 5.75 Å². The number of carboxylic acid groups (broad SMARTS) is 2. The number of ether oxygens (including phenoxy) is 1. The molecular weight excluding hydrogens is 390 g/mol. The van der Waals surface area contributed by atoms with Gasteiger partial charge in [0.05, 0.1) is 17.2 Å². The number of halogens is 1. The van der Waals surface area contributed by atoms with Crippen molar-refractivity contribution in [2.24, 2.45) is 0 Å². The summed E-state index contributed by atoms with van der Waals surface area (Å²) < 4.78 is 5.97. The van der Waals surface area contributed by atoms with Crippen LogP contribution in [0.15, 0.2) is 46.9 Å². The van der Waals surface area contributed by atoms with Crippen LogP contribution in [-0.4, -0.2) is 28.8 Å². The molecule has 0 spiro atoms. The highest BCUT2D eigenvalue weighted by Gasteiger charge is 2.09. The van der Waals surface area contributed by atoms with Crippen LogP contribution >= 0.6 is 15.9 Å². The Morgan fingerprint density at radius 2 is 1.76 bits per heavy atom. The molecule has 7 heteroatoms. The second-order valence-corrected chi connectivity index (χ2v) is 5.83. The van der Waals surface area contributed by atoms with Crippen LogP contribution in [0.3, 0.4) is 0 Å². The van der Waals surface area contributed by atoms with Crippen LogP contribution in [-0.2, 0) is 4.79 Å². The summed E-state index contributed by atoms with van der Waals surface area (Å²) in [6, 6.07) is 12.9. The molecule has 0 radical (unpaired) electrons. The van der Waals surface area contributed by atoms with Crippen LogP contribution in [0.1, 0.15) is 21.5 Å². The first-order valence-corrected chi connectivity index (χ1v) is 7.79. The fourth-order valence-corrected chi connectivity index (χ4v) is 2.41. The highest BCUT2D eigenvalue weighted by molar-refractivity contribution is 9.10. The molecule has 0 aromatic heterocycles. The molecule has 0 saturated carbocycles. The summed E-state index contributed by atoms with van der Waals surface area (Å²) in [4.78, 5) is 21.6. The molecule has 0 aliphatic heterocycles. The molecule has 0 fully saturated rings. The van der Waals surface area contributed by atoms with E-state index in [2.05, 4.69) is 22.0 Å². The number of aliphatic carboxylic acids is 1. The highest BCUT2D eigenvalue weighted by atomic mass is 79.9. The van der Waals surface area contributed by atoms with Gasteiger partial charge in [0.25, 0.3) is 0 Å². The van der Waals surface area contributed by atoms with Gasteiger partial charge < -0.3 is 14.9 Å². The molecule has 0 bridgehead atoms. The first-order valence-electron chi connectivity index (χ1n) is 7.00. The first-order chi connectivity index (χ1) is 11.9. The molecule has 0 saturated heterocycles. The van der Waals surface area contributed by atoms with E-state index in [1.807, 2.05) is 0 Å². The molecule has 0 amide bonds. The largest absolute Gasteiger partial charge is 0.481 e. The summed E-state index contributed by atoms with van der Waals surface area (Å²) in [6.07, 6.45) is 1.55. The lowest BCUT2D eigenvalue weighted by atomic mass is 10.0. The van der Waals surface area contributed by atoms with Crippen LogP contribution in [0.4, 0.5) is 0 Å². The van der Waals surface area contributed by atoms with E-state index in [4.69, 9.17) is 14.9 Å². The summed E-state index contributed by atoms with van der Waals surface area (Å²) >= 11 is 3.32. The van der Waals surface area contributed by atoms with Crippen LogP contribution in [0, 0.1) is 11.3 Å². The predicted molar refractivity (Wildman–Crippen MR) is 94.2 cm³/mol. The third-order valence-corrected chi connectivity index (χ3v) is 3.68. The van der Waals surface area contributed by atoms with Crippen molar-refractivity contribution in [3.63, 3.8) is 0 Å². The molecule has 6 nitrogen and oxygen atoms in total. The summed E-state index contributed by atoms with van der Waals surface area (Å²) in [5.74, 6) is -1.84. The van der Waals surface area contributed by atoms with Gasteiger partial charge in [-0.3, -0.25) is 0 Å². The maximum atomic E-state index is 10.9. The highest BCUT2D eigenvalue weighted by Crippen LogP contribution is 2.28. The molecule has 25 heavy (non-hydrogen) atoms. The van der Waals surface area contributed by atoms with Crippen LogP contribution in [0.25, 0.3) is 11.6 Å². The molecule has 0 heterocycles. The van der Waals surface area contributed by atoms with Gasteiger partial charge in [-0.15, -0.1) is 0 Å². The van der Waals surface area contributed by atoms with Crippen molar-refractivity contribution in [3.8, 4) is 11.8 Å². The van der Waals surface area contributed by atoms with Gasteiger partial charge in [-0.05, 0) is 42.0 Å². The van der Waals surface area contributed by atoms with Crippen molar-refractivity contribution in [3.05, 3.63) is 63.6 Å². The van der Waals surface area contributed by atoms with E-state index in [1.54, 1.807) is 24.3 Å². The lowest BCUT2D eigenvalue weighted by molar-refractivity contribution is -0.139. The Hall–Kier alpha value is -3.11. The molecule has 2 aromatic carbocycles. The van der Waals surface area contributed by atoms with E-state index < -0.39 is 18.5 Å². The molecular formula is C18H12BrNO5. The fourth-order valence-electron chi connectivity index (χ4n) is 2.03. The number of carboxylic acids is 2. The Bertz CT molecular complexity index is 881. The zero-order chi connectivity index (χ0) is 18.4. The quantitative estimate of drug-likeness (QED) is 0.564. The average Bonchev–Trinajstić information content (AvgIpc) is 2.58. The minimum absolute atomic E-state index is 0.119. The van der Waals surface area contributed by atoms with E-state index in [1.165, 1.54) is 24.3 Å². The number of nitrogens with zero attached hydrogens (tertiary/aromatic N) is 1. The molecule has 0 unspecified atom stereocenters. The number of allylic oxidation sites excluding steroid dienone is 1. The van der Waals surface area contributed by atoms with Crippen molar-refractivity contribution < 1.29 is 24.5 Å². The minimum Gasteiger partial charge on any atom is -0.481 e. The standard InChI is InChI=1S/C18H12BrNO5/c19-15-5-6-16(25-10-17(21)22)13(8-15)7-14(9-20)11-1-3-12(4-2-11)18(23)24/h1-8H,10H2,(H,21,22)(H,23,24)/b14-7-. The minimum atomic E-state index is -1.11. The average molecular weight is 402 g/mol. The number of nitriles is 1. The molecule has 0 aliphatic rings. The number of aromatic carboxylic acids is 1. The number of benzene rings is 2. The number of carbonyl (C=O) groups is 2. The van der Waals surface area contributed by atoms with Gasteiger partial charge in [-0.2, -0.15) is 5.26 Å². The monoisotopic (exact) mass is 401 g/mol. The fraction of sp³-hybridized carbons (Fsp3) is 0.0556. The van der Waals surface area contributed by atoms with Gasteiger partial charge in [0.1, 0.15) is 5.75 Å². The SMILES string of the molecule is N#C/C(=C/c1cc(Br)ccc1OCC(=O)O)c1ccc(C(=O)O)cc1. The van der Waals surface area contributed by atoms with E-state index in [-0.39, 0.29) is 11.1 Å². The molecule has 0 atom stereocenters. The van der Waals surface area contributed by atoms with Crippen molar-refractivity contribution in [2.75, 3.05) is 6.61 Å². The van der Waals surface area contributed by atoms with Gasteiger partial charge >= 0.3 is 11.9 Å². The van der Waals surface area contributed by atoms with E-state index in [0.717, 1.165) is 4.47 Å². The second kappa shape index (κ2) is 8.13. The molecule has 2 N–H and O–H groups in total. The van der Waals surface area contributed by atoms with E-state index in [0.29, 0.717) is 16.9 Å². The third-order valence-electron chi connectivity index (χ3n) is 3.19. The summed E-state index contributed by atoms with van der Waals surface area (Å²) in [6.45, 7) is -0.502. The number of rotatable bonds is 6. The van der Waals surface area contributed by atoms with E-state index in [9.17, 15) is 14.9 Å². The maximum Gasteiger partial charge on any atom is 0.341 e. The van der Waals surface area contributed by atoms with Gasteiger partial charge in [0.2, 0.25) is 0 Å². The van der Waals surface area contributed by atoms with Gasteiger partial charge in [0, 0.05) is 10.0 Å². The Labute approximate surface area is 151 Å². The van der Waals surface area contributed by atoms with Crippen LogP contribution in [0.2, 0.25) is 0 Å². The van der Waals surface area contributed by atoms with E-state index >= 15 is 0 Å². The molecule has 126 valence electrons. The Morgan fingerprint density at radius 1 is 1.12 bits per heavy atom. The molecule has 0 aliphatic carbocycles.